The molecule has 2 saturated carbocycles. The molecule has 7 heteroatoms. The molecular weight excluding hydrogens is 412 g/mol. The molecule has 0 radical (unpaired) electrons. The number of rotatable bonds is 6. The molecule has 0 spiro atoms. The summed E-state index contributed by atoms with van der Waals surface area (Å²) in [5.74, 6) is 0. The predicted molar refractivity (Wildman–Crippen MR) is 123 cm³/mol. The van der Waals surface area contributed by atoms with E-state index in [1.54, 1.807) is 24.3 Å². The highest BCUT2D eigenvalue weighted by atomic mass is 32.2. The molecule has 0 atom stereocenters. The van der Waals surface area contributed by atoms with E-state index in [2.05, 4.69) is 0 Å². The molecular formula is C24H28N2O4S. The standard InChI is InChI=1S/C24H28N2O4S/c27-25(28)21-11-7-19(8-12-21)23(15-3-1-4-16-23)31-24(17-5-2-6-18-24)20-9-13-22(14-10-20)26(29)30/h7-14H,1-6,15-18H2. The molecule has 0 N–H and O–H groups in total. The average Bonchev–Trinajstić information content (AvgIpc) is 2.80. The molecule has 2 aromatic rings. The lowest BCUT2D eigenvalue weighted by Gasteiger charge is -2.47. The topological polar surface area (TPSA) is 86.3 Å². The summed E-state index contributed by atoms with van der Waals surface area (Å²) >= 11 is 2.03. The Kier molecular flexibility index (Phi) is 6.32. The van der Waals surface area contributed by atoms with E-state index in [0.717, 1.165) is 51.4 Å². The fraction of sp³-hybridized carbons (Fsp3) is 0.500. The molecule has 164 valence electrons. The molecule has 0 aliphatic heterocycles. The molecule has 2 aromatic carbocycles. The summed E-state index contributed by atoms with van der Waals surface area (Å²) in [5, 5.41) is 22.3. The highest BCUT2D eigenvalue weighted by Crippen LogP contribution is 2.60. The van der Waals surface area contributed by atoms with Gasteiger partial charge in [-0.3, -0.25) is 20.2 Å². The van der Waals surface area contributed by atoms with E-state index in [4.69, 9.17) is 0 Å². The lowest BCUT2D eigenvalue weighted by molar-refractivity contribution is -0.385. The highest BCUT2D eigenvalue weighted by molar-refractivity contribution is 8.01. The minimum atomic E-state index is -0.343. The number of nitrogens with zero attached hydrogens (tertiary/aromatic N) is 2. The van der Waals surface area contributed by atoms with Crippen LogP contribution in [-0.2, 0) is 9.49 Å². The lowest BCUT2D eigenvalue weighted by Crippen LogP contribution is -2.35. The first kappa shape index (κ1) is 21.8. The van der Waals surface area contributed by atoms with Crippen LogP contribution >= 0.6 is 11.8 Å². The minimum Gasteiger partial charge on any atom is -0.258 e. The van der Waals surface area contributed by atoms with Gasteiger partial charge in [0.15, 0.2) is 0 Å². The van der Waals surface area contributed by atoms with Crippen molar-refractivity contribution in [1.82, 2.24) is 0 Å². The predicted octanol–water partition coefficient (Wildman–Crippen LogP) is 7.26. The maximum Gasteiger partial charge on any atom is 0.269 e. The largest absolute Gasteiger partial charge is 0.269 e. The molecule has 2 aliphatic rings. The van der Waals surface area contributed by atoms with Gasteiger partial charge in [-0.1, -0.05) is 62.8 Å². The molecule has 0 bridgehead atoms. The summed E-state index contributed by atoms with van der Waals surface area (Å²) in [6, 6.07) is 14.3. The maximum absolute atomic E-state index is 11.1. The molecule has 0 saturated heterocycles. The van der Waals surface area contributed by atoms with Gasteiger partial charge >= 0.3 is 0 Å². The van der Waals surface area contributed by atoms with E-state index in [-0.39, 0.29) is 30.7 Å². The number of nitro benzene ring substituents is 2. The van der Waals surface area contributed by atoms with Gasteiger partial charge in [0.25, 0.3) is 11.4 Å². The average molecular weight is 441 g/mol. The van der Waals surface area contributed by atoms with Crippen LogP contribution in [0.2, 0.25) is 0 Å². The first-order valence-electron chi connectivity index (χ1n) is 11.1. The van der Waals surface area contributed by atoms with E-state index >= 15 is 0 Å². The molecule has 0 aromatic heterocycles. The second-order valence-electron chi connectivity index (χ2n) is 8.82. The van der Waals surface area contributed by atoms with Crippen molar-refractivity contribution in [2.45, 2.75) is 73.7 Å². The zero-order valence-electron chi connectivity index (χ0n) is 17.6. The van der Waals surface area contributed by atoms with Crippen LogP contribution in [0.25, 0.3) is 0 Å². The van der Waals surface area contributed by atoms with Crippen molar-refractivity contribution in [3.63, 3.8) is 0 Å². The second-order valence-corrected chi connectivity index (χ2v) is 10.6. The van der Waals surface area contributed by atoms with E-state index in [1.165, 1.54) is 24.0 Å². The zero-order chi connectivity index (χ0) is 21.9. The van der Waals surface area contributed by atoms with Crippen molar-refractivity contribution >= 4 is 23.1 Å². The van der Waals surface area contributed by atoms with Crippen LogP contribution in [0.5, 0.6) is 0 Å². The van der Waals surface area contributed by atoms with Crippen molar-refractivity contribution < 1.29 is 9.85 Å². The van der Waals surface area contributed by atoms with E-state index in [0.29, 0.717) is 0 Å². The Bertz CT molecular complexity index is 854. The van der Waals surface area contributed by atoms with E-state index in [1.807, 2.05) is 36.0 Å². The van der Waals surface area contributed by atoms with Gasteiger partial charge in [0.1, 0.15) is 0 Å². The van der Waals surface area contributed by atoms with Crippen molar-refractivity contribution in [3.8, 4) is 0 Å². The monoisotopic (exact) mass is 440 g/mol. The molecule has 0 heterocycles. The number of thioether (sulfide) groups is 1. The van der Waals surface area contributed by atoms with Crippen molar-refractivity contribution in [2.24, 2.45) is 0 Å². The Morgan fingerprint density at radius 3 is 1.19 bits per heavy atom. The van der Waals surface area contributed by atoms with Crippen LogP contribution in [-0.4, -0.2) is 9.85 Å². The summed E-state index contributed by atoms with van der Waals surface area (Å²) in [7, 11) is 0. The SMILES string of the molecule is O=[N+]([O-])c1ccc(C2(SC3(c4ccc([N+](=O)[O-])cc4)CCCCC3)CCCCC2)cc1. The van der Waals surface area contributed by atoms with Gasteiger partial charge in [-0.25, -0.2) is 0 Å². The molecule has 31 heavy (non-hydrogen) atoms. The summed E-state index contributed by atoms with van der Waals surface area (Å²) in [6.07, 6.45) is 11.3. The van der Waals surface area contributed by atoms with Crippen molar-refractivity contribution in [1.29, 1.82) is 0 Å². The smallest absolute Gasteiger partial charge is 0.258 e. The third-order valence-corrected chi connectivity index (χ3v) is 8.99. The Morgan fingerprint density at radius 1 is 0.581 bits per heavy atom. The zero-order valence-corrected chi connectivity index (χ0v) is 18.4. The van der Waals surface area contributed by atoms with Gasteiger partial charge in [0, 0.05) is 33.8 Å². The van der Waals surface area contributed by atoms with Crippen LogP contribution in [0, 0.1) is 20.2 Å². The maximum atomic E-state index is 11.1. The van der Waals surface area contributed by atoms with Crippen molar-refractivity contribution in [2.75, 3.05) is 0 Å². The Labute approximate surface area is 186 Å². The Morgan fingerprint density at radius 2 is 0.903 bits per heavy atom. The van der Waals surface area contributed by atoms with Crippen LogP contribution in [0.15, 0.2) is 48.5 Å². The number of non-ortho nitro benzene ring substituents is 2. The second kappa shape index (κ2) is 8.99. The molecule has 4 rings (SSSR count). The summed E-state index contributed by atoms with van der Waals surface area (Å²) in [4.78, 5) is 21.6. The minimum absolute atomic E-state index is 0.0769. The number of nitro groups is 2. The molecule has 2 aliphatic carbocycles. The quantitative estimate of drug-likeness (QED) is 0.348. The summed E-state index contributed by atoms with van der Waals surface area (Å²) < 4.78 is -0.154. The highest BCUT2D eigenvalue weighted by Gasteiger charge is 2.45. The van der Waals surface area contributed by atoms with Crippen LogP contribution < -0.4 is 0 Å². The molecule has 2 fully saturated rings. The van der Waals surface area contributed by atoms with Gasteiger partial charge in [0.05, 0.1) is 9.85 Å². The van der Waals surface area contributed by atoms with Gasteiger partial charge in [-0.05, 0) is 36.8 Å². The van der Waals surface area contributed by atoms with Crippen LogP contribution in [0.1, 0.15) is 75.3 Å². The number of hydrogen-bond donors (Lipinski definition) is 0. The molecule has 0 amide bonds. The van der Waals surface area contributed by atoms with Crippen molar-refractivity contribution in [3.05, 3.63) is 79.9 Å². The van der Waals surface area contributed by atoms with Gasteiger partial charge < -0.3 is 0 Å². The van der Waals surface area contributed by atoms with Crippen LogP contribution in [0.4, 0.5) is 11.4 Å². The Hall–Kier alpha value is -2.41. The first-order valence-corrected chi connectivity index (χ1v) is 12.0. The first-order chi connectivity index (χ1) is 14.9. The number of benzene rings is 2. The third kappa shape index (κ3) is 4.47. The van der Waals surface area contributed by atoms with E-state index in [9.17, 15) is 20.2 Å². The fourth-order valence-corrected chi connectivity index (χ4v) is 7.53. The summed E-state index contributed by atoms with van der Waals surface area (Å²) in [5.41, 5.74) is 2.61. The Balaban J connectivity index is 1.73. The van der Waals surface area contributed by atoms with Crippen LogP contribution in [0.3, 0.4) is 0 Å². The normalized spacial score (nSPS) is 20.1. The third-order valence-electron chi connectivity index (χ3n) is 6.92. The lowest BCUT2D eigenvalue weighted by atomic mass is 9.82. The molecule has 0 unspecified atom stereocenters. The van der Waals surface area contributed by atoms with Gasteiger partial charge in [-0.2, -0.15) is 0 Å². The van der Waals surface area contributed by atoms with Gasteiger partial charge in [-0.15, -0.1) is 11.8 Å². The van der Waals surface area contributed by atoms with Gasteiger partial charge in [0.2, 0.25) is 0 Å². The van der Waals surface area contributed by atoms with E-state index < -0.39 is 0 Å². The molecule has 6 nitrogen and oxygen atoms in total. The summed E-state index contributed by atoms with van der Waals surface area (Å²) in [6.45, 7) is 0. The number of hydrogen-bond acceptors (Lipinski definition) is 5. The fourth-order valence-electron chi connectivity index (χ4n) is 5.29.